The fourth-order valence-electron chi connectivity index (χ4n) is 4.52. The van der Waals surface area contributed by atoms with E-state index in [1.807, 2.05) is 34.9 Å². The number of halogens is 2. The van der Waals surface area contributed by atoms with Crippen LogP contribution in [-0.2, 0) is 26.7 Å². The molecule has 0 radical (unpaired) electrons. The van der Waals surface area contributed by atoms with E-state index in [0.29, 0.717) is 30.2 Å². The lowest BCUT2D eigenvalue weighted by atomic mass is 10.1. The minimum atomic E-state index is -0.565. The Kier molecular flexibility index (Phi) is 5.32. The van der Waals surface area contributed by atoms with Crippen LogP contribution in [0.3, 0.4) is 0 Å². The second-order valence-electron chi connectivity index (χ2n) is 8.60. The number of nitrogens with zero attached hydrogens (tertiary/aromatic N) is 5. The van der Waals surface area contributed by atoms with Crippen molar-refractivity contribution < 1.29 is 4.39 Å². The molecule has 0 saturated heterocycles. The normalized spacial score (nSPS) is 15.8. The summed E-state index contributed by atoms with van der Waals surface area (Å²) in [5.74, 6) is 0.361. The summed E-state index contributed by atoms with van der Waals surface area (Å²) < 4.78 is 18.7. The predicted molar refractivity (Wildman–Crippen MR) is 126 cm³/mol. The molecule has 0 N–H and O–H groups in total. The first kappa shape index (κ1) is 21.5. The van der Waals surface area contributed by atoms with Crippen molar-refractivity contribution >= 4 is 28.7 Å². The van der Waals surface area contributed by atoms with Gasteiger partial charge in [0.2, 0.25) is 5.95 Å². The molecule has 7 nitrogen and oxygen atoms in total. The Morgan fingerprint density at radius 2 is 1.82 bits per heavy atom. The molecule has 0 saturated carbocycles. The van der Waals surface area contributed by atoms with Gasteiger partial charge in [-0.15, -0.1) is 0 Å². The van der Waals surface area contributed by atoms with E-state index in [1.54, 1.807) is 7.05 Å². The lowest BCUT2D eigenvalue weighted by molar-refractivity contribution is 0.435. The number of aryl methyl sites for hydroxylation is 1. The van der Waals surface area contributed by atoms with E-state index in [9.17, 15) is 14.0 Å². The standard InChI is InChI=1S/C24H23ClFN5O2/c1-15-11-29(13-16-7-4-3-5-8-16)23-27-21-20(30(23)12-15)22(32)31(24(33)28(21)2)14-17-18(25)9-6-10-19(17)26/h3-10,15H,11-14H2,1-2H3. The molecule has 2 aromatic heterocycles. The minimum Gasteiger partial charge on any atom is -0.338 e. The van der Waals surface area contributed by atoms with Crippen LogP contribution in [-0.4, -0.2) is 25.2 Å². The zero-order chi connectivity index (χ0) is 23.3. The summed E-state index contributed by atoms with van der Waals surface area (Å²) in [6.07, 6.45) is 0. The molecule has 0 fully saturated rings. The number of hydrogen-bond acceptors (Lipinski definition) is 4. The Morgan fingerprint density at radius 3 is 2.55 bits per heavy atom. The highest BCUT2D eigenvalue weighted by atomic mass is 35.5. The molecule has 0 spiro atoms. The number of fused-ring (bicyclic) bond motifs is 3. The van der Waals surface area contributed by atoms with E-state index >= 15 is 0 Å². The molecule has 1 unspecified atom stereocenters. The molecule has 2 aromatic carbocycles. The van der Waals surface area contributed by atoms with E-state index in [2.05, 4.69) is 11.8 Å². The second-order valence-corrected chi connectivity index (χ2v) is 9.01. The van der Waals surface area contributed by atoms with Crippen LogP contribution in [0.15, 0.2) is 58.1 Å². The molecule has 170 valence electrons. The van der Waals surface area contributed by atoms with Gasteiger partial charge in [-0.25, -0.2) is 9.18 Å². The summed E-state index contributed by atoms with van der Waals surface area (Å²) >= 11 is 6.16. The van der Waals surface area contributed by atoms with Gasteiger partial charge in [-0.3, -0.25) is 13.9 Å². The van der Waals surface area contributed by atoms with E-state index in [0.717, 1.165) is 16.7 Å². The first-order chi connectivity index (χ1) is 15.8. The smallest absolute Gasteiger partial charge is 0.332 e. The van der Waals surface area contributed by atoms with Crippen LogP contribution < -0.4 is 16.1 Å². The lowest BCUT2D eigenvalue weighted by Gasteiger charge is -2.33. The van der Waals surface area contributed by atoms with Crippen LogP contribution in [0, 0.1) is 11.7 Å². The Balaban J connectivity index is 1.68. The largest absolute Gasteiger partial charge is 0.338 e. The Labute approximate surface area is 194 Å². The Hall–Kier alpha value is -3.39. The maximum Gasteiger partial charge on any atom is 0.332 e. The average molecular weight is 468 g/mol. The summed E-state index contributed by atoms with van der Waals surface area (Å²) in [6.45, 7) is 3.89. The highest BCUT2D eigenvalue weighted by Gasteiger charge is 2.29. The van der Waals surface area contributed by atoms with Gasteiger partial charge in [0.1, 0.15) is 5.82 Å². The van der Waals surface area contributed by atoms with Gasteiger partial charge >= 0.3 is 5.69 Å². The fourth-order valence-corrected chi connectivity index (χ4v) is 4.74. The van der Waals surface area contributed by atoms with E-state index < -0.39 is 17.1 Å². The molecule has 1 atom stereocenters. The molecule has 1 aliphatic heterocycles. The number of hydrogen-bond donors (Lipinski definition) is 0. The molecule has 33 heavy (non-hydrogen) atoms. The van der Waals surface area contributed by atoms with Crippen LogP contribution in [0.5, 0.6) is 0 Å². The molecule has 1 aliphatic rings. The number of rotatable bonds is 4. The van der Waals surface area contributed by atoms with E-state index in [-0.39, 0.29) is 23.0 Å². The predicted octanol–water partition coefficient (Wildman–Crippen LogP) is 3.39. The van der Waals surface area contributed by atoms with Gasteiger partial charge in [-0.05, 0) is 23.6 Å². The molecular formula is C24H23ClFN5O2. The number of aromatic nitrogens is 4. The third-order valence-electron chi connectivity index (χ3n) is 6.12. The van der Waals surface area contributed by atoms with Crippen molar-refractivity contribution in [1.82, 2.24) is 18.7 Å². The van der Waals surface area contributed by atoms with Gasteiger partial charge in [0.05, 0.1) is 6.54 Å². The first-order valence-corrected chi connectivity index (χ1v) is 11.1. The van der Waals surface area contributed by atoms with Crippen molar-refractivity contribution in [2.75, 3.05) is 11.4 Å². The Bertz CT molecular complexity index is 1450. The van der Waals surface area contributed by atoms with Gasteiger partial charge in [0.15, 0.2) is 11.2 Å². The molecule has 9 heteroatoms. The number of imidazole rings is 1. The molecule has 5 rings (SSSR count). The maximum atomic E-state index is 14.4. The monoisotopic (exact) mass is 467 g/mol. The summed E-state index contributed by atoms with van der Waals surface area (Å²) in [5.41, 5.74) is 0.831. The van der Waals surface area contributed by atoms with Crippen LogP contribution in [0.2, 0.25) is 5.02 Å². The second kappa shape index (κ2) is 8.19. The van der Waals surface area contributed by atoms with Gasteiger partial charge in [-0.1, -0.05) is 54.9 Å². The third kappa shape index (κ3) is 3.64. The SMILES string of the molecule is CC1CN(Cc2ccccc2)c2nc3c(c(=O)n(Cc4c(F)cccc4Cl)c(=O)n3C)n2C1. The van der Waals surface area contributed by atoms with Crippen LogP contribution in [0.25, 0.3) is 11.2 Å². The quantitative estimate of drug-likeness (QED) is 0.461. The number of anilines is 1. The zero-order valence-corrected chi connectivity index (χ0v) is 19.1. The minimum absolute atomic E-state index is 0.107. The molecule has 4 aromatic rings. The highest BCUT2D eigenvalue weighted by Crippen LogP contribution is 2.28. The van der Waals surface area contributed by atoms with Crippen molar-refractivity contribution in [3.8, 4) is 0 Å². The van der Waals surface area contributed by atoms with Crippen LogP contribution >= 0.6 is 11.6 Å². The number of benzene rings is 2. The fraction of sp³-hybridized carbons (Fsp3) is 0.292. The first-order valence-electron chi connectivity index (χ1n) is 10.8. The summed E-state index contributed by atoms with van der Waals surface area (Å²) in [6, 6.07) is 14.3. The Morgan fingerprint density at radius 1 is 1.06 bits per heavy atom. The van der Waals surface area contributed by atoms with Gasteiger partial charge in [0, 0.05) is 37.3 Å². The highest BCUT2D eigenvalue weighted by molar-refractivity contribution is 6.31. The van der Waals surface area contributed by atoms with Crippen molar-refractivity contribution in [1.29, 1.82) is 0 Å². The van der Waals surface area contributed by atoms with Crippen molar-refractivity contribution in [3.63, 3.8) is 0 Å². The summed E-state index contributed by atoms with van der Waals surface area (Å²) in [4.78, 5) is 33.5. The summed E-state index contributed by atoms with van der Waals surface area (Å²) in [7, 11) is 1.58. The van der Waals surface area contributed by atoms with Crippen LogP contribution in [0.1, 0.15) is 18.1 Å². The molecule has 0 amide bonds. The van der Waals surface area contributed by atoms with E-state index in [1.165, 1.54) is 22.8 Å². The van der Waals surface area contributed by atoms with Gasteiger partial charge in [0.25, 0.3) is 5.56 Å². The van der Waals surface area contributed by atoms with E-state index in [4.69, 9.17) is 16.6 Å². The lowest BCUT2D eigenvalue weighted by Crippen LogP contribution is -2.41. The summed E-state index contributed by atoms with van der Waals surface area (Å²) in [5, 5.41) is 0.169. The topological polar surface area (TPSA) is 65.1 Å². The maximum absolute atomic E-state index is 14.4. The molecule has 3 heterocycles. The van der Waals surface area contributed by atoms with Gasteiger partial charge in [-0.2, -0.15) is 4.98 Å². The molecule has 0 aliphatic carbocycles. The van der Waals surface area contributed by atoms with Crippen molar-refractivity contribution in [3.05, 3.63) is 91.3 Å². The molecular weight excluding hydrogens is 445 g/mol. The third-order valence-corrected chi connectivity index (χ3v) is 6.47. The van der Waals surface area contributed by atoms with Crippen LogP contribution in [0.4, 0.5) is 10.3 Å². The average Bonchev–Trinajstić information content (AvgIpc) is 3.17. The zero-order valence-electron chi connectivity index (χ0n) is 18.3. The van der Waals surface area contributed by atoms with Gasteiger partial charge < -0.3 is 9.47 Å². The van der Waals surface area contributed by atoms with Crippen molar-refractivity contribution in [2.24, 2.45) is 13.0 Å². The van der Waals surface area contributed by atoms with Crippen molar-refractivity contribution in [2.45, 2.75) is 26.6 Å². The molecule has 0 bridgehead atoms.